The molecule has 142 valence electrons. The van der Waals surface area contributed by atoms with Crippen LogP contribution in [-0.2, 0) is 16.9 Å². The topological polar surface area (TPSA) is 83.8 Å². The summed E-state index contributed by atoms with van der Waals surface area (Å²) >= 11 is 6.09. The molecule has 0 bridgehead atoms. The zero-order valence-corrected chi connectivity index (χ0v) is 15.4. The van der Waals surface area contributed by atoms with Crippen molar-refractivity contribution in [3.63, 3.8) is 0 Å². The lowest BCUT2D eigenvalue weighted by Gasteiger charge is -2.23. The lowest BCUT2D eigenvalue weighted by molar-refractivity contribution is -0.131. The summed E-state index contributed by atoms with van der Waals surface area (Å²) in [6.45, 7) is 1.31. The number of carbonyl (C=O) groups excluding carboxylic acids is 2. The van der Waals surface area contributed by atoms with Crippen molar-refractivity contribution in [2.24, 2.45) is 0 Å². The largest absolute Gasteiger partial charge is 0.325 e. The number of carbonyl (C=O) groups is 2. The van der Waals surface area contributed by atoms with Gasteiger partial charge in [0, 0.05) is 22.8 Å². The van der Waals surface area contributed by atoms with E-state index < -0.39 is 23.3 Å². The van der Waals surface area contributed by atoms with Gasteiger partial charge in [-0.15, -0.1) is 0 Å². The maximum Gasteiger partial charge on any atom is 0.325 e. The number of hydrogen-bond acceptors (Lipinski definition) is 4. The molecule has 28 heavy (non-hydrogen) atoms. The van der Waals surface area contributed by atoms with Crippen LogP contribution in [0.25, 0.3) is 5.65 Å². The zero-order chi connectivity index (χ0) is 20.1. The maximum atomic E-state index is 13.4. The van der Waals surface area contributed by atoms with Gasteiger partial charge < -0.3 is 5.32 Å². The molecule has 3 heterocycles. The highest BCUT2D eigenvalue weighted by Gasteiger charge is 2.50. The average Bonchev–Trinajstić information content (AvgIpc) is 2.85. The van der Waals surface area contributed by atoms with Crippen LogP contribution in [0.5, 0.6) is 0 Å². The van der Waals surface area contributed by atoms with E-state index in [4.69, 9.17) is 11.6 Å². The Hall–Kier alpha value is -3.26. The number of fused-ring (bicyclic) bond motifs is 1. The lowest BCUT2D eigenvalue weighted by Crippen LogP contribution is -2.41. The fourth-order valence-corrected chi connectivity index (χ4v) is 3.62. The Balaban J connectivity index is 1.69. The highest BCUT2D eigenvalue weighted by atomic mass is 35.5. The Morgan fingerprint density at radius 3 is 2.71 bits per heavy atom. The van der Waals surface area contributed by atoms with Crippen molar-refractivity contribution >= 4 is 29.2 Å². The number of benzene rings is 1. The Bertz CT molecular complexity index is 1200. The minimum absolute atomic E-state index is 0.0278. The predicted molar refractivity (Wildman–Crippen MR) is 99.3 cm³/mol. The van der Waals surface area contributed by atoms with Crippen LogP contribution < -0.4 is 10.9 Å². The molecule has 9 heteroatoms. The van der Waals surface area contributed by atoms with Gasteiger partial charge in [-0.25, -0.2) is 14.2 Å². The normalized spacial score (nSPS) is 19.3. The second-order valence-electron chi connectivity index (χ2n) is 6.59. The van der Waals surface area contributed by atoms with E-state index >= 15 is 0 Å². The molecule has 3 aromatic rings. The van der Waals surface area contributed by atoms with Crippen molar-refractivity contribution < 1.29 is 14.0 Å². The number of pyridine rings is 1. The molecule has 2 aromatic heterocycles. The Labute approximate surface area is 163 Å². The molecule has 1 atom stereocenters. The van der Waals surface area contributed by atoms with Crippen LogP contribution in [-0.4, -0.2) is 26.2 Å². The lowest BCUT2D eigenvalue weighted by atomic mass is 9.92. The summed E-state index contributed by atoms with van der Waals surface area (Å²) < 4.78 is 14.7. The predicted octanol–water partition coefficient (Wildman–Crippen LogP) is 2.45. The van der Waals surface area contributed by atoms with Crippen molar-refractivity contribution in [2.45, 2.75) is 19.0 Å². The van der Waals surface area contributed by atoms with Gasteiger partial charge in [0.1, 0.15) is 17.0 Å². The number of imide groups is 1. The number of aromatic nitrogens is 2. The zero-order valence-electron chi connectivity index (χ0n) is 14.6. The first-order valence-electron chi connectivity index (χ1n) is 8.36. The molecule has 0 aliphatic carbocycles. The molecule has 1 aromatic carbocycles. The SMILES string of the molecule is CC1(c2ccc(F)cc2Cl)NC(=O)N(Cc2cc(=O)n3ccccc3n2)C1=O. The van der Waals surface area contributed by atoms with Gasteiger partial charge in [-0.05, 0) is 31.2 Å². The van der Waals surface area contributed by atoms with Gasteiger partial charge >= 0.3 is 6.03 Å². The molecule has 1 saturated heterocycles. The van der Waals surface area contributed by atoms with Crippen molar-refractivity contribution in [1.29, 1.82) is 0 Å². The Morgan fingerprint density at radius 1 is 1.18 bits per heavy atom. The van der Waals surface area contributed by atoms with Gasteiger partial charge in [-0.1, -0.05) is 23.7 Å². The third kappa shape index (κ3) is 2.82. The molecule has 3 amide bonds. The van der Waals surface area contributed by atoms with E-state index in [1.807, 2.05) is 0 Å². The van der Waals surface area contributed by atoms with Gasteiger partial charge in [0.25, 0.3) is 11.5 Å². The fourth-order valence-electron chi connectivity index (χ4n) is 3.26. The fraction of sp³-hybridized carbons (Fsp3) is 0.158. The van der Waals surface area contributed by atoms with E-state index in [-0.39, 0.29) is 28.4 Å². The van der Waals surface area contributed by atoms with E-state index in [2.05, 4.69) is 10.3 Å². The minimum atomic E-state index is -1.45. The molecule has 1 unspecified atom stereocenters. The first-order valence-corrected chi connectivity index (χ1v) is 8.74. The average molecular weight is 401 g/mol. The van der Waals surface area contributed by atoms with Gasteiger partial charge in [0.2, 0.25) is 0 Å². The summed E-state index contributed by atoms with van der Waals surface area (Å²) in [6, 6.07) is 9.31. The smallest absolute Gasteiger partial charge is 0.319 e. The van der Waals surface area contributed by atoms with Crippen LogP contribution in [0.3, 0.4) is 0 Å². The molecule has 1 fully saturated rings. The van der Waals surface area contributed by atoms with Crippen LogP contribution in [0.1, 0.15) is 18.2 Å². The van der Waals surface area contributed by atoms with Crippen molar-refractivity contribution in [3.8, 4) is 0 Å². The Kier molecular flexibility index (Phi) is 4.15. The quantitative estimate of drug-likeness (QED) is 0.684. The number of rotatable bonds is 3. The summed E-state index contributed by atoms with van der Waals surface area (Å²) in [5.74, 6) is -1.12. The van der Waals surface area contributed by atoms with Gasteiger partial charge in [-0.3, -0.25) is 18.9 Å². The van der Waals surface area contributed by atoms with Crippen molar-refractivity contribution in [1.82, 2.24) is 19.6 Å². The second kappa shape index (κ2) is 6.42. The third-order valence-electron chi connectivity index (χ3n) is 4.69. The summed E-state index contributed by atoms with van der Waals surface area (Å²) in [5.41, 5.74) is -0.816. The molecular weight excluding hydrogens is 387 g/mol. The molecule has 0 radical (unpaired) electrons. The van der Waals surface area contributed by atoms with Crippen LogP contribution in [0.2, 0.25) is 5.02 Å². The minimum Gasteiger partial charge on any atom is -0.319 e. The highest BCUT2D eigenvalue weighted by molar-refractivity contribution is 6.32. The first kappa shape index (κ1) is 18.1. The number of urea groups is 1. The van der Waals surface area contributed by atoms with Gasteiger partial charge in [-0.2, -0.15) is 0 Å². The standard InChI is InChI=1S/C19H14ClFN4O3/c1-19(13-6-5-11(21)8-14(13)20)17(27)25(18(28)23-19)10-12-9-16(26)24-7-3-2-4-15(24)22-12/h2-9H,10H2,1H3,(H,23,28). The number of nitrogens with one attached hydrogen (secondary N) is 1. The van der Waals surface area contributed by atoms with E-state index in [1.54, 1.807) is 24.4 Å². The summed E-state index contributed by atoms with van der Waals surface area (Å²) in [5, 5.41) is 2.63. The molecule has 4 rings (SSSR count). The van der Waals surface area contributed by atoms with Crippen molar-refractivity contribution in [2.75, 3.05) is 0 Å². The number of amides is 3. The van der Waals surface area contributed by atoms with E-state index in [9.17, 15) is 18.8 Å². The molecule has 1 aliphatic heterocycles. The van der Waals surface area contributed by atoms with Crippen LogP contribution in [0.15, 0.2) is 53.5 Å². The van der Waals surface area contributed by atoms with Gasteiger partial charge in [0.15, 0.2) is 0 Å². The van der Waals surface area contributed by atoms with Gasteiger partial charge in [0.05, 0.1) is 12.2 Å². The highest BCUT2D eigenvalue weighted by Crippen LogP contribution is 2.34. The number of hydrogen-bond donors (Lipinski definition) is 1. The maximum absolute atomic E-state index is 13.4. The Morgan fingerprint density at radius 2 is 1.96 bits per heavy atom. The summed E-state index contributed by atoms with van der Waals surface area (Å²) in [4.78, 5) is 43.0. The molecule has 0 spiro atoms. The van der Waals surface area contributed by atoms with Crippen molar-refractivity contribution in [3.05, 3.63) is 81.1 Å². The molecule has 0 saturated carbocycles. The monoisotopic (exact) mass is 400 g/mol. The molecule has 1 N–H and O–H groups in total. The molecular formula is C19H14ClFN4O3. The second-order valence-corrected chi connectivity index (χ2v) is 6.99. The van der Waals surface area contributed by atoms with Crippen LogP contribution in [0, 0.1) is 5.82 Å². The van der Waals surface area contributed by atoms with Crippen LogP contribution in [0.4, 0.5) is 9.18 Å². The van der Waals surface area contributed by atoms with E-state index in [1.165, 1.54) is 29.5 Å². The first-order chi connectivity index (χ1) is 13.3. The molecule has 7 nitrogen and oxygen atoms in total. The summed E-state index contributed by atoms with van der Waals surface area (Å²) in [7, 11) is 0. The van der Waals surface area contributed by atoms with E-state index in [0.717, 1.165) is 11.0 Å². The third-order valence-corrected chi connectivity index (χ3v) is 5.00. The number of halogens is 2. The van der Waals surface area contributed by atoms with E-state index in [0.29, 0.717) is 5.65 Å². The van der Waals surface area contributed by atoms with Crippen LogP contribution >= 0.6 is 11.6 Å². The summed E-state index contributed by atoms with van der Waals surface area (Å²) in [6.07, 6.45) is 1.58. The number of nitrogens with zero attached hydrogens (tertiary/aromatic N) is 3. The molecule has 1 aliphatic rings.